The molecule has 1 rings (SSSR count). The summed E-state index contributed by atoms with van der Waals surface area (Å²) >= 11 is 0. The Labute approximate surface area is 82.0 Å². The summed E-state index contributed by atoms with van der Waals surface area (Å²) < 4.78 is 39.2. The lowest BCUT2D eigenvalue weighted by Gasteiger charge is -2.06. The Morgan fingerprint density at radius 3 is 2.64 bits per heavy atom. The predicted octanol–water partition coefficient (Wildman–Crippen LogP) is 1.81. The van der Waals surface area contributed by atoms with Crippen molar-refractivity contribution in [3.63, 3.8) is 0 Å². The fraction of sp³-hybridized carbons (Fsp3) is 0.111. The van der Waals surface area contributed by atoms with Crippen molar-refractivity contribution in [1.29, 1.82) is 0 Å². The minimum Gasteiger partial charge on any atom is -0.382 e. The van der Waals surface area contributed by atoms with Gasteiger partial charge < -0.3 is 4.18 Å². The third-order valence-electron chi connectivity index (χ3n) is 1.46. The molecule has 14 heavy (non-hydrogen) atoms. The first-order valence-corrected chi connectivity index (χ1v) is 5.56. The fourth-order valence-corrected chi connectivity index (χ4v) is 1.42. The second-order valence-corrected chi connectivity index (χ2v) is 4.22. The van der Waals surface area contributed by atoms with Gasteiger partial charge in [-0.3, -0.25) is 0 Å². The van der Waals surface area contributed by atoms with Crippen LogP contribution in [0.4, 0.5) is 4.39 Å². The average Bonchev–Trinajstić information content (AvgIpc) is 2.01. The summed E-state index contributed by atoms with van der Waals surface area (Å²) in [5, 5.41) is 0. The smallest absolute Gasteiger partial charge is 0.306 e. The van der Waals surface area contributed by atoms with Gasteiger partial charge in [-0.2, -0.15) is 8.42 Å². The van der Waals surface area contributed by atoms with E-state index < -0.39 is 15.9 Å². The van der Waals surface area contributed by atoms with Gasteiger partial charge in [0, 0.05) is 0 Å². The molecule has 0 aliphatic heterocycles. The minimum atomic E-state index is -3.64. The molecule has 0 unspecified atom stereocenters. The normalized spacial score (nSPS) is 11.0. The molecule has 0 fully saturated rings. The first-order chi connectivity index (χ1) is 6.44. The lowest BCUT2D eigenvalue weighted by molar-refractivity contribution is 0.489. The second-order valence-electron chi connectivity index (χ2n) is 2.64. The molecule has 0 aromatic heterocycles. The lowest BCUT2D eigenvalue weighted by Crippen LogP contribution is -2.07. The number of hydrogen-bond donors (Lipinski definition) is 0. The van der Waals surface area contributed by atoms with Crippen molar-refractivity contribution in [2.45, 2.75) is 0 Å². The van der Waals surface area contributed by atoms with Crippen LogP contribution in [0.5, 0.6) is 5.75 Å². The second kappa shape index (κ2) is 3.79. The summed E-state index contributed by atoms with van der Waals surface area (Å²) in [7, 11) is -3.64. The van der Waals surface area contributed by atoms with Crippen molar-refractivity contribution in [2.75, 3.05) is 6.26 Å². The summed E-state index contributed by atoms with van der Waals surface area (Å²) in [4.78, 5) is 0. The van der Waals surface area contributed by atoms with E-state index in [9.17, 15) is 12.8 Å². The van der Waals surface area contributed by atoms with Gasteiger partial charge in [0.15, 0.2) is 5.75 Å². The summed E-state index contributed by atoms with van der Waals surface area (Å²) in [6.45, 7) is 3.37. The standard InChI is InChI=1S/C9H9FO3S/c1-3-7-8(10)5-4-6-9(7)13-14(2,11)12/h3-6H,1H2,2H3. The molecule has 0 heterocycles. The van der Waals surface area contributed by atoms with Crippen LogP contribution >= 0.6 is 0 Å². The molecule has 0 radical (unpaired) electrons. The zero-order valence-corrected chi connectivity index (χ0v) is 8.34. The van der Waals surface area contributed by atoms with Gasteiger partial charge in [-0.15, -0.1) is 0 Å². The molecule has 0 aliphatic rings. The van der Waals surface area contributed by atoms with E-state index in [-0.39, 0.29) is 11.3 Å². The van der Waals surface area contributed by atoms with Gasteiger partial charge in [0.1, 0.15) is 5.82 Å². The lowest BCUT2D eigenvalue weighted by atomic mass is 10.2. The van der Waals surface area contributed by atoms with Gasteiger partial charge in [0.25, 0.3) is 0 Å². The van der Waals surface area contributed by atoms with Crippen LogP contribution in [0.1, 0.15) is 5.56 Å². The van der Waals surface area contributed by atoms with Crippen LogP contribution in [-0.4, -0.2) is 14.7 Å². The largest absolute Gasteiger partial charge is 0.382 e. The maximum Gasteiger partial charge on any atom is 0.306 e. The summed E-state index contributed by atoms with van der Waals surface area (Å²) in [6, 6.07) is 3.93. The number of benzene rings is 1. The van der Waals surface area contributed by atoms with E-state index in [4.69, 9.17) is 0 Å². The van der Waals surface area contributed by atoms with E-state index in [1.807, 2.05) is 0 Å². The highest BCUT2D eigenvalue weighted by Crippen LogP contribution is 2.23. The number of halogens is 1. The third-order valence-corrected chi connectivity index (χ3v) is 1.94. The molecule has 0 amide bonds. The van der Waals surface area contributed by atoms with Gasteiger partial charge in [-0.05, 0) is 12.1 Å². The van der Waals surface area contributed by atoms with E-state index in [1.54, 1.807) is 0 Å². The van der Waals surface area contributed by atoms with Gasteiger partial charge in [0.05, 0.1) is 11.8 Å². The first-order valence-electron chi connectivity index (χ1n) is 3.74. The molecule has 0 bridgehead atoms. The van der Waals surface area contributed by atoms with Crippen molar-refractivity contribution < 1.29 is 17.0 Å². The molecule has 1 aromatic carbocycles. The highest BCUT2D eigenvalue weighted by atomic mass is 32.2. The van der Waals surface area contributed by atoms with Crippen LogP contribution < -0.4 is 4.18 Å². The van der Waals surface area contributed by atoms with Crippen LogP contribution in [0.15, 0.2) is 24.8 Å². The zero-order chi connectivity index (χ0) is 10.8. The monoisotopic (exact) mass is 216 g/mol. The van der Waals surface area contributed by atoms with Crippen LogP contribution in [0.2, 0.25) is 0 Å². The quantitative estimate of drug-likeness (QED) is 0.724. The van der Waals surface area contributed by atoms with Gasteiger partial charge in [-0.25, -0.2) is 4.39 Å². The highest BCUT2D eigenvalue weighted by molar-refractivity contribution is 7.86. The van der Waals surface area contributed by atoms with E-state index >= 15 is 0 Å². The molecule has 0 atom stereocenters. The molecule has 0 spiro atoms. The number of hydrogen-bond acceptors (Lipinski definition) is 3. The summed E-state index contributed by atoms with van der Waals surface area (Å²) in [5.74, 6) is -0.622. The molecule has 5 heteroatoms. The van der Waals surface area contributed by atoms with Crippen LogP contribution in [0.3, 0.4) is 0 Å². The Bertz CT molecular complexity index is 451. The molecule has 1 aromatic rings. The Morgan fingerprint density at radius 1 is 1.50 bits per heavy atom. The zero-order valence-electron chi connectivity index (χ0n) is 7.53. The maximum absolute atomic E-state index is 13.1. The summed E-state index contributed by atoms with van der Waals surface area (Å²) in [6.07, 6.45) is 2.10. The van der Waals surface area contributed by atoms with Gasteiger partial charge in [0.2, 0.25) is 0 Å². The van der Waals surface area contributed by atoms with Crippen molar-refractivity contribution in [3.05, 3.63) is 36.2 Å². The Kier molecular flexibility index (Phi) is 2.90. The molecule has 0 N–H and O–H groups in total. The van der Waals surface area contributed by atoms with Crippen molar-refractivity contribution >= 4 is 16.2 Å². The molecule has 76 valence electrons. The third kappa shape index (κ3) is 2.56. The molecule has 0 saturated carbocycles. The van der Waals surface area contributed by atoms with Crippen LogP contribution in [-0.2, 0) is 10.1 Å². The maximum atomic E-state index is 13.1. The molecular formula is C9H9FO3S. The van der Waals surface area contributed by atoms with Crippen LogP contribution in [0.25, 0.3) is 6.08 Å². The van der Waals surface area contributed by atoms with Crippen LogP contribution in [0, 0.1) is 5.82 Å². The summed E-state index contributed by atoms with van der Waals surface area (Å²) in [5.41, 5.74) is 0.0397. The first kappa shape index (κ1) is 10.7. The van der Waals surface area contributed by atoms with E-state index in [0.29, 0.717) is 0 Å². The van der Waals surface area contributed by atoms with Crippen molar-refractivity contribution in [3.8, 4) is 5.75 Å². The molecule has 0 aliphatic carbocycles. The van der Waals surface area contributed by atoms with E-state index in [2.05, 4.69) is 10.8 Å². The average molecular weight is 216 g/mol. The van der Waals surface area contributed by atoms with Gasteiger partial charge >= 0.3 is 10.1 Å². The number of rotatable bonds is 3. The predicted molar refractivity (Wildman–Crippen MR) is 52.0 cm³/mol. The van der Waals surface area contributed by atoms with E-state index in [1.165, 1.54) is 24.3 Å². The Balaban J connectivity index is 3.21. The topological polar surface area (TPSA) is 43.4 Å². The van der Waals surface area contributed by atoms with Crippen molar-refractivity contribution in [1.82, 2.24) is 0 Å². The minimum absolute atomic E-state index is 0.0397. The van der Waals surface area contributed by atoms with Gasteiger partial charge in [-0.1, -0.05) is 18.7 Å². The molecule has 3 nitrogen and oxygen atoms in total. The van der Waals surface area contributed by atoms with E-state index in [0.717, 1.165) is 6.26 Å². The Hall–Kier alpha value is -1.36. The molecular weight excluding hydrogens is 207 g/mol. The fourth-order valence-electron chi connectivity index (χ4n) is 0.951. The molecule has 0 saturated heterocycles. The SMILES string of the molecule is C=Cc1c(F)cccc1OS(C)(=O)=O. The highest BCUT2D eigenvalue weighted by Gasteiger charge is 2.10. The Morgan fingerprint density at radius 2 is 2.14 bits per heavy atom. The van der Waals surface area contributed by atoms with Crippen molar-refractivity contribution in [2.24, 2.45) is 0 Å².